The van der Waals surface area contributed by atoms with Gasteiger partial charge >= 0.3 is 4.87 Å². The molecule has 0 radical (unpaired) electrons. The second-order valence-corrected chi connectivity index (χ2v) is 7.58. The van der Waals surface area contributed by atoms with Gasteiger partial charge in [-0.2, -0.15) is 0 Å². The second kappa shape index (κ2) is 7.68. The van der Waals surface area contributed by atoms with Crippen LogP contribution in [0, 0.1) is 11.6 Å². The number of anilines is 1. The van der Waals surface area contributed by atoms with E-state index < -0.39 is 29.0 Å². The lowest BCUT2D eigenvalue weighted by Crippen LogP contribution is -2.24. The number of amides is 1. The number of thiazole rings is 1. The van der Waals surface area contributed by atoms with Crippen LogP contribution in [-0.2, 0) is 11.3 Å². The van der Waals surface area contributed by atoms with Gasteiger partial charge in [0.2, 0.25) is 11.8 Å². The number of nitrogens with zero attached hydrogens (tertiary/aromatic N) is 2. The van der Waals surface area contributed by atoms with E-state index in [1.54, 1.807) is 6.08 Å². The average molecular weight is 427 g/mol. The highest BCUT2D eigenvalue weighted by atomic mass is 32.1. The number of halogens is 2. The van der Waals surface area contributed by atoms with Crippen LogP contribution in [0.25, 0.3) is 11.6 Å². The van der Waals surface area contributed by atoms with Gasteiger partial charge in [-0.1, -0.05) is 29.5 Å². The number of nitrogens with one attached hydrogen (secondary N) is 1. The van der Waals surface area contributed by atoms with Crippen LogP contribution in [0.15, 0.2) is 52.3 Å². The van der Waals surface area contributed by atoms with E-state index in [4.69, 9.17) is 0 Å². The van der Waals surface area contributed by atoms with Crippen molar-refractivity contribution in [3.8, 4) is 5.88 Å². The fraction of sp³-hybridized carbons (Fsp3) is 0.0952. The zero-order valence-corrected chi connectivity index (χ0v) is 16.5. The predicted molar refractivity (Wildman–Crippen MR) is 112 cm³/mol. The number of rotatable bonds is 4. The van der Waals surface area contributed by atoms with Gasteiger partial charge in [-0.25, -0.2) is 8.78 Å². The number of hydrogen-bond donors (Lipinski definition) is 2. The van der Waals surface area contributed by atoms with Crippen molar-refractivity contribution in [2.75, 3.05) is 5.32 Å². The fourth-order valence-electron chi connectivity index (χ4n) is 3.12. The molecule has 2 N–H and O–H groups in total. The van der Waals surface area contributed by atoms with Gasteiger partial charge in [0.25, 0.3) is 0 Å². The van der Waals surface area contributed by atoms with Gasteiger partial charge in [0.05, 0.1) is 16.3 Å². The van der Waals surface area contributed by atoms with Crippen LogP contribution in [-0.4, -0.2) is 21.3 Å². The number of hydrogen-bond acceptors (Lipinski definition) is 5. The van der Waals surface area contributed by atoms with Gasteiger partial charge in [-0.05, 0) is 31.2 Å². The lowest BCUT2D eigenvalue weighted by molar-refractivity contribution is -0.116. The standard InChI is InChI=1S/C21H15F2N3O3S/c1-11-14(13-4-2-3-5-16(13)24-11)9-18-20(28)26(21(29)30-18)10-19(27)25-17-7-6-12(22)8-15(17)23/h2-9,28H,10H2,1H3,(H,25,27). The minimum absolute atomic E-state index is 0.221. The van der Waals surface area contributed by atoms with E-state index in [1.165, 1.54) is 0 Å². The summed E-state index contributed by atoms with van der Waals surface area (Å²) >= 11 is 0.780. The summed E-state index contributed by atoms with van der Waals surface area (Å²) in [6.45, 7) is 1.30. The van der Waals surface area contributed by atoms with Crippen LogP contribution in [0.2, 0.25) is 0 Å². The number of fused-ring (bicyclic) bond motifs is 1. The van der Waals surface area contributed by atoms with Gasteiger partial charge in [-0.15, -0.1) is 0 Å². The Balaban J connectivity index is 1.60. The van der Waals surface area contributed by atoms with E-state index in [-0.39, 0.29) is 16.4 Å². The van der Waals surface area contributed by atoms with Crippen molar-refractivity contribution in [3.63, 3.8) is 0 Å². The van der Waals surface area contributed by atoms with Gasteiger partial charge in [-0.3, -0.25) is 19.1 Å². The van der Waals surface area contributed by atoms with E-state index in [2.05, 4.69) is 10.3 Å². The van der Waals surface area contributed by atoms with Crippen LogP contribution in [0.5, 0.6) is 5.88 Å². The van der Waals surface area contributed by atoms with Crippen LogP contribution in [0.3, 0.4) is 0 Å². The zero-order chi connectivity index (χ0) is 21.4. The Morgan fingerprint density at radius 3 is 2.80 bits per heavy atom. The summed E-state index contributed by atoms with van der Waals surface area (Å²) in [4.78, 5) is 28.7. The first-order valence-corrected chi connectivity index (χ1v) is 9.69. The Kier molecular flexibility index (Phi) is 5.04. The Labute approximate surface area is 173 Å². The maximum Gasteiger partial charge on any atom is 0.311 e. The third kappa shape index (κ3) is 3.67. The highest BCUT2D eigenvalue weighted by Crippen LogP contribution is 2.37. The molecule has 0 fully saturated rings. The van der Waals surface area contributed by atoms with Crippen molar-refractivity contribution in [2.45, 2.75) is 13.5 Å². The number of carbonyl (C=O) groups is 1. The summed E-state index contributed by atoms with van der Waals surface area (Å²) in [6.07, 6.45) is 1.65. The second-order valence-electron chi connectivity index (χ2n) is 6.59. The quantitative estimate of drug-likeness (QED) is 0.655. The summed E-state index contributed by atoms with van der Waals surface area (Å²) < 4.78 is 27.6. The van der Waals surface area contributed by atoms with Gasteiger partial charge in [0, 0.05) is 22.9 Å². The monoisotopic (exact) mass is 427 g/mol. The van der Waals surface area contributed by atoms with Crippen molar-refractivity contribution >= 4 is 46.0 Å². The number of aromatic hydroxyl groups is 1. The van der Waals surface area contributed by atoms with Gasteiger partial charge in [0.1, 0.15) is 18.2 Å². The van der Waals surface area contributed by atoms with Crippen LogP contribution >= 0.6 is 11.3 Å². The normalized spacial score (nSPS) is 14.0. The molecule has 6 nitrogen and oxygen atoms in total. The Morgan fingerprint density at radius 2 is 2.03 bits per heavy atom. The molecule has 0 saturated carbocycles. The summed E-state index contributed by atoms with van der Waals surface area (Å²) in [7, 11) is 0. The molecule has 4 rings (SSSR count). The number of aliphatic imine (C=N–C) groups is 1. The van der Waals surface area contributed by atoms with Crippen molar-refractivity contribution in [2.24, 2.45) is 4.99 Å². The first-order valence-electron chi connectivity index (χ1n) is 8.88. The molecule has 0 bridgehead atoms. The first kappa shape index (κ1) is 19.7. The van der Waals surface area contributed by atoms with E-state index in [1.807, 2.05) is 31.2 Å². The zero-order valence-electron chi connectivity index (χ0n) is 15.6. The van der Waals surface area contributed by atoms with Gasteiger partial charge in [0.15, 0.2) is 0 Å². The highest BCUT2D eigenvalue weighted by molar-refractivity contribution is 7.10. The van der Waals surface area contributed by atoms with E-state index >= 15 is 0 Å². The molecular weight excluding hydrogens is 412 g/mol. The molecule has 2 aromatic carbocycles. The third-order valence-corrected chi connectivity index (χ3v) is 5.46. The minimum atomic E-state index is -0.940. The number of para-hydroxylation sites is 1. The number of aromatic nitrogens is 1. The molecule has 0 aliphatic carbocycles. The summed E-state index contributed by atoms with van der Waals surface area (Å²) in [5, 5.41) is 12.8. The molecule has 0 spiro atoms. The molecule has 152 valence electrons. The van der Waals surface area contributed by atoms with Crippen LogP contribution in [0.1, 0.15) is 17.4 Å². The summed E-state index contributed by atoms with van der Waals surface area (Å²) in [5.41, 5.74) is 2.97. The molecule has 2 heterocycles. The topological polar surface area (TPSA) is 83.7 Å². The van der Waals surface area contributed by atoms with Crippen LogP contribution < -0.4 is 10.2 Å². The smallest absolute Gasteiger partial charge is 0.311 e. The maximum absolute atomic E-state index is 13.7. The molecule has 0 unspecified atom stereocenters. The minimum Gasteiger partial charge on any atom is -0.493 e. The number of allylic oxidation sites excluding steroid dienone is 1. The molecule has 0 atom stereocenters. The maximum atomic E-state index is 13.7. The highest BCUT2D eigenvalue weighted by Gasteiger charge is 2.21. The van der Waals surface area contributed by atoms with Gasteiger partial charge < -0.3 is 10.4 Å². The van der Waals surface area contributed by atoms with Crippen molar-refractivity contribution in [1.82, 2.24) is 4.57 Å². The summed E-state index contributed by atoms with van der Waals surface area (Å²) in [6, 6.07) is 10.2. The number of carbonyl (C=O) groups excluding carboxylic acids is 1. The molecule has 3 aromatic rings. The Hall–Kier alpha value is -3.59. The molecule has 1 aliphatic heterocycles. The van der Waals surface area contributed by atoms with Crippen molar-refractivity contribution in [3.05, 3.63) is 74.2 Å². The van der Waals surface area contributed by atoms with Crippen molar-refractivity contribution in [1.29, 1.82) is 0 Å². The average Bonchev–Trinajstić information content (AvgIpc) is 3.15. The van der Waals surface area contributed by atoms with Crippen LogP contribution in [0.4, 0.5) is 20.2 Å². The molecule has 0 saturated heterocycles. The molecule has 1 amide bonds. The lowest BCUT2D eigenvalue weighted by atomic mass is 10.0. The van der Waals surface area contributed by atoms with E-state index in [9.17, 15) is 23.5 Å². The SMILES string of the molecule is CC1=Nc2ccccc2C1=Cc1sc(=O)n(CC(=O)Nc2ccc(F)cc2F)c1O. The first-order chi connectivity index (χ1) is 14.3. The number of benzene rings is 2. The Morgan fingerprint density at radius 1 is 1.27 bits per heavy atom. The molecular formula is C21H15F2N3O3S. The Bertz CT molecular complexity index is 1290. The molecule has 1 aromatic heterocycles. The predicted octanol–water partition coefficient (Wildman–Crippen LogP) is 4.18. The fourth-order valence-corrected chi connectivity index (χ4v) is 3.95. The van der Waals surface area contributed by atoms with E-state index in [0.717, 1.165) is 50.6 Å². The van der Waals surface area contributed by atoms with Crippen molar-refractivity contribution < 1.29 is 18.7 Å². The van der Waals surface area contributed by atoms with E-state index in [0.29, 0.717) is 6.07 Å². The third-order valence-electron chi connectivity index (χ3n) is 4.55. The summed E-state index contributed by atoms with van der Waals surface area (Å²) in [5.74, 6) is -2.82. The lowest BCUT2D eigenvalue weighted by Gasteiger charge is -2.07. The molecule has 1 aliphatic rings. The largest absolute Gasteiger partial charge is 0.493 e. The molecule has 9 heteroatoms. The molecule has 30 heavy (non-hydrogen) atoms.